The maximum Gasteiger partial charge on any atom is 0.106 e. The van der Waals surface area contributed by atoms with Crippen LogP contribution in [0, 0.1) is 0 Å². The summed E-state index contributed by atoms with van der Waals surface area (Å²) in [6.45, 7) is 0.979. The van der Waals surface area contributed by atoms with Crippen LogP contribution in [0.3, 0.4) is 0 Å². The first-order valence-electron chi connectivity index (χ1n) is 4.85. The molecule has 0 bridgehead atoms. The molecule has 0 aromatic heterocycles. The molecule has 0 aliphatic heterocycles. The monoisotopic (exact) mass is 318 g/mol. The van der Waals surface area contributed by atoms with E-state index in [2.05, 4.69) is 40.2 Å². The molecule has 88 valence electrons. The molecule has 16 heavy (non-hydrogen) atoms. The molecule has 0 heterocycles. The normalized spacial score (nSPS) is 10.2. The Balaban J connectivity index is 2.99. The number of anilines is 1. The first kappa shape index (κ1) is 13.8. The van der Waals surface area contributed by atoms with E-state index in [1.807, 2.05) is 23.9 Å². The number of thioether (sulfide) groups is 1. The Morgan fingerprint density at radius 1 is 1.56 bits per heavy atom. The van der Waals surface area contributed by atoms with Crippen LogP contribution >= 0.6 is 39.9 Å². The van der Waals surface area contributed by atoms with Crippen LogP contribution in [0.4, 0.5) is 5.69 Å². The standard InChI is InChI=1S/C11H15BrN2S2/c1-14(5-6-16-2)10-7-8(12)3-4-9(10)11(13)15/h3-4,7H,5-6H2,1-2H3,(H2,13,15). The van der Waals surface area contributed by atoms with E-state index < -0.39 is 0 Å². The highest BCUT2D eigenvalue weighted by Gasteiger charge is 2.09. The van der Waals surface area contributed by atoms with E-state index in [4.69, 9.17) is 18.0 Å². The van der Waals surface area contributed by atoms with E-state index in [0.717, 1.165) is 28.0 Å². The summed E-state index contributed by atoms with van der Waals surface area (Å²) in [5, 5.41) is 0. The highest BCUT2D eigenvalue weighted by molar-refractivity contribution is 9.10. The van der Waals surface area contributed by atoms with Crippen LogP contribution in [0.2, 0.25) is 0 Å². The van der Waals surface area contributed by atoms with Crippen molar-refractivity contribution in [1.82, 2.24) is 0 Å². The molecule has 0 saturated carbocycles. The van der Waals surface area contributed by atoms with Crippen LogP contribution in [0.1, 0.15) is 5.56 Å². The van der Waals surface area contributed by atoms with E-state index in [9.17, 15) is 0 Å². The van der Waals surface area contributed by atoms with Crippen molar-refractivity contribution >= 4 is 50.6 Å². The molecule has 1 aromatic rings. The predicted octanol–water partition coefficient (Wildman–Crippen LogP) is 2.88. The van der Waals surface area contributed by atoms with Gasteiger partial charge in [-0.3, -0.25) is 0 Å². The zero-order valence-electron chi connectivity index (χ0n) is 9.37. The molecular weight excluding hydrogens is 304 g/mol. The Labute approximate surface area is 115 Å². The summed E-state index contributed by atoms with van der Waals surface area (Å²) < 4.78 is 1.04. The molecule has 0 saturated heterocycles. The fourth-order valence-corrected chi connectivity index (χ4v) is 2.36. The minimum Gasteiger partial charge on any atom is -0.389 e. The molecule has 1 rings (SSSR count). The minimum absolute atomic E-state index is 0.443. The Hall–Kier alpha value is -0.260. The highest BCUT2D eigenvalue weighted by Crippen LogP contribution is 2.24. The van der Waals surface area contributed by atoms with Crippen molar-refractivity contribution < 1.29 is 0 Å². The molecule has 1 aromatic carbocycles. The summed E-state index contributed by atoms with van der Waals surface area (Å²) in [5.74, 6) is 1.08. The number of nitrogens with zero attached hydrogens (tertiary/aromatic N) is 1. The third-order valence-corrected chi connectivity index (χ3v) is 3.57. The first-order chi connectivity index (χ1) is 7.56. The number of thiocarbonyl (C=S) groups is 1. The van der Waals surface area contributed by atoms with Crippen molar-refractivity contribution in [2.24, 2.45) is 5.73 Å². The van der Waals surface area contributed by atoms with E-state index in [-0.39, 0.29) is 0 Å². The molecule has 0 aliphatic rings. The lowest BCUT2D eigenvalue weighted by Crippen LogP contribution is -2.24. The Kier molecular flexibility index (Phi) is 5.58. The zero-order chi connectivity index (χ0) is 12.1. The Bertz CT molecular complexity index is 382. The van der Waals surface area contributed by atoms with E-state index in [1.165, 1.54) is 0 Å². The van der Waals surface area contributed by atoms with E-state index in [0.29, 0.717) is 4.99 Å². The fourth-order valence-electron chi connectivity index (χ4n) is 1.38. The molecule has 0 atom stereocenters. The second-order valence-corrected chi connectivity index (χ2v) is 5.78. The summed E-state index contributed by atoms with van der Waals surface area (Å²) in [7, 11) is 2.06. The third-order valence-electron chi connectivity index (χ3n) is 2.27. The lowest BCUT2D eigenvalue weighted by molar-refractivity contribution is 0.976. The molecule has 0 unspecified atom stereocenters. The maximum atomic E-state index is 5.72. The van der Waals surface area contributed by atoms with Gasteiger partial charge < -0.3 is 10.6 Å². The SMILES string of the molecule is CSCCN(C)c1cc(Br)ccc1C(N)=S. The van der Waals surface area contributed by atoms with Crippen molar-refractivity contribution in [3.63, 3.8) is 0 Å². The van der Waals surface area contributed by atoms with Gasteiger partial charge in [-0.2, -0.15) is 11.8 Å². The number of hydrogen-bond donors (Lipinski definition) is 1. The minimum atomic E-state index is 0.443. The largest absolute Gasteiger partial charge is 0.389 e. The Morgan fingerprint density at radius 2 is 2.25 bits per heavy atom. The fraction of sp³-hybridized carbons (Fsp3) is 0.364. The lowest BCUT2D eigenvalue weighted by atomic mass is 10.1. The van der Waals surface area contributed by atoms with Gasteiger partial charge in [-0.1, -0.05) is 28.1 Å². The summed E-state index contributed by atoms with van der Waals surface area (Å²) in [5.41, 5.74) is 7.73. The van der Waals surface area contributed by atoms with Crippen LogP contribution in [-0.2, 0) is 0 Å². The summed E-state index contributed by atoms with van der Waals surface area (Å²) in [4.78, 5) is 2.62. The number of benzene rings is 1. The van der Waals surface area contributed by atoms with Gasteiger partial charge in [-0.15, -0.1) is 0 Å². The van der Waals surface area contributed by atoms with Crippen molar-refractivity contribution in [2.75, 3.05) is 30.5 Å². The van der Waals surface area contributed by atoms with Crippen molar-refractivity contribution in [3.05, 3.63) is 28.2 Å². The molecule has 5 heteroatoms. The summed E-state index contributed by atoms with van der Waals surface area (Å²) >= 11 is 10.3. The number of hydrogen-bond acceptors (Lipinski definition) is 3. The number of rotatable bonds is 5. The quantitative estimate of drug-likeness (QED) is 0.845. The van der Waals surface area contributed by atoms with Gasteiger partial charge in [0.1, 0.15) is 4.99 Å². The predicted molar refractivity (Wildman–Crippen MR) is 81.7 cm³/mol. The average molecular weight is 319 g/mol. The van der Waals surface area contributed by atoms with Crippen LogP contribution in [0.5, 0.6) is 0 Å². The topological polar surface area (TPSA) is 29.3 Å². The van der Waals surface area contributed by atoms with Gasteiger partial charge in [-0.25, -0.2) is 0 Å². The van der Waals surface area contributed by atoms with Gasteiger partial charge >= 0.3 is 0 Å². The molecule has 0 amide bonds. The van der Waals surface area contributed by atoms with Gasteiger partial charge in [0.25, 0.3) is 0 Å². The summed E-state index contributed by atoms with van der Waals surface area (Å²) in [6.07, 6.45) is 2.10. The number of nitrogens with two attached hydrogens (primary N) is 1. The van der Waals surface area contributed by atoms with Crippen molar-refractivity contribution in [1.29, 1.82) is 0 Å². The van der Waals surface area contributed by atoms with Crippen molar-refractivity contribution in [2.45, 2.75) is 0 Å². The van der Waals surface area contributed by atoms with Crippen LogP contribution in [-0.4, -0.2) is 30.6 Å². The molecule has 0 fully saturated rings. The Morgan fingerprint density at radius 3 is 2.81 bits per heavy atom. The molecule has 0 aliphatic carbocycles. The van der Waals surface area contributed by atoms with Gasteiger partial charge in [0.05, 0.1) is 0 Å². The van der Waals surface area contributed by atoms with E-state index >= 15 is 0 Å². The van der Waals surface area contributed by atoms with E-state index in [1.54, 1.807) is 0 Å². The van der Waals surface area contributed by atoms with Crippen LogP contribution < -0.4 is 10.6 Å². The van der Waals surface area contributed by atoms with Crippen LogP contribution in [0.25, 0.3) is 0 Å². The zero-order valence-corrected chi connectivity index (χ0v) is 12.6. The van der Waals surface area contributed by atoms with Crippen molar-refractivity contribution in [3.8, 4) is 0 Å². The average Bonchev–Trinajstić information content (AvgIpc) is 2.25. The van der Waals surface area contributed by atoms with Gasteiger partial charge in [0.2, 0.25) is 0 Å². The molecule has 0 radical (unpaired) electrons. The van der Waals surface area contributed by atoms with Gasteiger partial charge in [0, 0.05) is 35.1 Å². The highest BCUT2D eigenvalue weighted by atomic mass is 79.9. The van der Waals surface area contributed by atoms with Crippen LogP contribution in [0.15, 0.2) is 22.7 Å². The maximum absolute atomic E-state index is 5.72. The smallest absolute Gasteiger partial charge is 0.106 e. The summed E-state index contributed by atoms with van der Waals surface area (Å²) in [6, 6.07) is 5.96. The number of halogens is 1. The third kappa shape index (κ3) is 3.64. The molecule has 0 spiro atoms. The first-order valence-corrected chi connectivity index (χ1v) is 7.45. The van der Waals surface area contributed by atoms with Gasteiger partial charge in [0.15, 0.2) is 0 Å². The molecular formula is C11H15BrN2S2. The second kappa shape index (κ2) is 6.47. The lowest BCUT2D eigenvalue weighted by Gasteiger charge is -2.22. The molecule has 2 N–H and O–H groups in total. The second-order valence-electron chi connectivity index (χ2n) is 3.44. The molecule has 2 nitrogen and oxygen atoms in total. The van der Waals surface area contributed by atoms with Gasteiger partial charge in [-0.05, 0) is 24.5 Å².